The number of hydrogen-bond donors (Lipinski definition) is 0. The molecule has 0 aliphatic heterocycles. The second-order valence-electron chi connectivity index (χ2n) is 3.29. The number of rotatable bonds is 2. The maximum atomic E-state index is 12.6. The molecule has 3 nitrogen and oxygen atoms in total. The van der Waals surface area contributed by atoms with E-state index < -0.39 is 11.7 Å². The van der Waals surface area contributed by atoms with Gasteiger partial charge in [-0.2, -0.15) is 13.2 Å². The minimum atomic E-state index is -4.53. The van der Waals surface area contributed by atoms with Crippen molar-refractivity contribution in [1.82, 2.24) is 9.97 Å². The average Bonchev–Trinajstić information content (AvgIpc) is 2.31. The van der Waals surface area contributed by atoms with Crippen LogP contribution < -0.4 is 4.74 Å². The predicted molar refractivity (Wildman–Crippen MR) is 58.6 cm³/mol. The summed E-state index contributed by atoms with van der Waals surface area (Å²) in [5.74, 6) is 0.158. The van der Waals surface area contributed by atoms with Crippen molar-refractivity contribution in [2.24, 2.45) is 0 Å². The van der Waals surface area contributed by atoms with Crippen LogP contribution in [-0.2, 0) is 6.18 Å². The van der Waals surface area contributed by atoms with Crippen LogP contribution in [0, 0.1) is 0 Å². The Bertz CT molecular complexity index is 546. The zero-order valence-electron chi connectivity index (χ0n) is 8.78. The molecule has 1 aromatic carbocycles. The summed E-state index contributed by atoms with van der Waals surface area (Å²) in [7, 11) is 0. The molecular weight excluding hydrogens is 269 g/mol. The number of benzene rings is 1. The Labute approximate surface area is 105 Å². The maximum absolute atomic E-state index is 12.6. The Hall–Kier alpha value is -1.82. The van der Waals surface area contributed by atoms with Crippen LogP contribution in [0.25, 0.3) is 0 Å². The summed E-state index contributed by atoms with van der Waals surface area (Å²) < 4.78 is 43.0. The van der Waals surface area contributed by atoms with Crippen molar-refractivity contribution in [3.8, 4) is 11.6 Å². The summed E-state index contributed by atoms with van der Waals surface area (Å²) in [5, 5.41) is -0.377. The Morgan fingerprint density at radius 3 is 2.56 bits per heavy atom. The molecule has 2 rings (SSSR count). The van der Waals surface area contributed by atoms with Gasteiger partial charge < -0.3 is 4.74 Å². The van der Waals surface area contributed by atoms with Gasteiger partial charge in [0.1, 0.15) is 12.1 Å². The molecule has 0 bridgehead atoms. The highest BCUT2D eigenvalue weighted by Gasteiger charge is 2.33. The lowest BCUT2D eigenvalue weighted by Crippen LogP contribution is -2.06. The van der Waals surface area contributed by atoms with Gasteiger partial charge in [0, 0.05) is 12.3 Å². The molecule has 0 amide bonds. The largest absolute Gasteiger partial charge is 0.439 e. The van der Waals surface area contributed by atoms with Gasteiger partial charge in [0.2, 0.25) is 5.88 Å². The van der Waals surface area contributed by atoms with Gasteiger partial charge in [-0.25, -0.2) is 9.97 Å². The van der Waals surface area contributed by atoms with E-state index in [1.165, 1.54) is 24.7 Å². The topological polar surface area (TPSA) is 35.0 Å². The number of aromatic nitrogens is 2. The summed E-state index contributed by atoms with van der Waals surface area (Å²) >= 11 is 5.48. The Morgan fingerprint density at radius 1 is 1.17 bits per heavy atom. The van der Waals surface area contributed by atoms with Gasteiger partial charge in [-0.3, -0.25) is 0 Å². The number of ether oxygens (including phenoxy) is 1. The van der Waals surface area contributed by atoms with Crippen LogP contribution >= 0.6 is 11.6 Å². The van der Waals surface area contributed by atoms with Crippen molar-refractivity contribution in [1.29, 1.82) is 0 Å². The van der Waals surface area contributed by atoms with E-state index in [4.69, 9.17) is 16.3 Å². The van der Waals surface area contributed by atoms with E-state index in [9.17, 15) is 13.2 Å². The minimum Gasteiger partial charge on any atom is -0.439 e. The van der Waals surface area contributed by atoms with Crippen LogP contribution in [0.5, 0.6) is 11.6 Å². The first kappa shape index (κ1) is 12.6. The molecule has 7 heteroatoms. The first-order chi connectivity index (χ1) is 8.47. The number of nitrogens with zero attached hydrogens (tertiary/aromatic N) is 2. The third-order valence-electron chi connectivity index (χ3n) is 2.02. The molecule has 0 N–H and O–H groups in total. The first-order valence-electron chi connectivity index (χ1n) is 4.77. The first-order valence-corrected chi connectivity index (χ1v) is 5.15. The SMILES string of the molecule is FC(F)(F)c1cc(Oc2ccncn2)ccc1Cl. The molecule has 0 unspecified atom stereocenters. The Balaban J connectivity index is 2.31. The van der Waals surface area contributed by atoms with E-state index >= 15 is 0 Å². The molecule has 0 saturated carbocycles. The average molecular weight is 275 g/mol. The highest BCUT2D eigenvalue weighted by atomic mass is 35.5. The van der Waals surface area contributed by atoms with Gasteiger partial charge in [0.25, 0.3) is 0 Å². The quantitative estimate of drug-likeness (QED) is 0.832. The molecule has 18 heavy (non-hydrogen) atoms. The van der Waals surface area contributed by atoms with Crippen LogP contribution in [0.2, 0.25) is 5.02 Å². The van der Waals surface area contributed by atoms with Crippen molar-refractivity contribution in [3.63, 3.8) is 0 Å². The van der Waals surface area contributed by atoms with Crippen molar-refractivity contribution in [2.75, 3.05) is 0 Å². The minimum absolute atomic E-state index is 0.00502. The predicted octanol–water partition coefficient (Wildman–Crippen LogP) is 3.94. The summed E-state index contributed by atoms with van der Waals surface area (Å²) in [5.41, 5.74) is -0.948. The molecule has 0 atom stereocenters. The van der Waals surface area contributed by atoms with Crippen LogP contribution in [0.4, 0.5) is 13.2 Å². The lowest BCUT2D eigenvalue weighted by atomic mass is 10.2. The number of halogens is 4. The van der Waals surface area contributed by atoms with E-state index in [1.54, 1.807) is 0 Å². The molecule has 0 fully saturated rings. The summed E-state index contributed by atoms with van der Waals surface area (Å²) in [4.78, 5) is 7.41. The van der Waals surface area contributed by atoms with Crippen molar-refractivity contribution in [3.05, 3.63) is 47.4 Å². The van der Waals surface area contributed by atoms with Crippen molar-refractivity contribution < 1.29 is 17.9 Å². The third-order valence-corrected chi connectivity index (χ3v) is 2.35. The summed E-state index contributed by atoms with van der Waals surface area (Å²) in [6, 6.07) is 4.72. The van der Waals surface area contributed by atoms with E-state index in [-0.39, 0.29) is 16.7 Å². The highest BCUT2D eigenvalue weighted by molar-refractivity contribution is 6.31. The maximum Gasteiger partial charge on any atom is 0.417 e. The van der Waals surface area contributed by atoms with Crippen LogP contribution in [0.3, 0.4) is 0 Å². The van der Waals surface area contributed by atoms with Gasteiger partial charge in [0.05, 0.1) is 10.6 Å². The Kier molecular flexibility index (Phi) is 3.38. The normalized spacial score (nSPS) is 11.3. The molecule has 0 spiro atoms. The lowest BCUT2D eigenvalue weighted by Gasteiger charge is -2.11. The van der Waals surface area contributed by atoms with Crippen molar-refractivity contribution >= 4 is 11.6 Å². The molecule has 0 radical (unpaired) electrons. The number of hydrogen-bond acceptors (Lipinski definition) is 3. The zero-order chi connectivity index (χ0) is 13.2. The second-order valence-corrected chi connectivity index (χ2v) is 3.70. The molecule has 94 valence electrons. The molecular formula is C11H6ClF3N2O. The van der Waals surface area contributed by atoms with E-state index in [0.717, 1.165) is 12.1 Å². The zero-order valence-corrected chi connectivity index (χ0v) is 9.53. The third kappa shape index (κ3) is 2.89. The van der Waals surface area contributed by atoms with Crippen molar-refractivity contribution in [2.45, 2.75) is 6.18 Å². The summed E-state index contributed by atoms with van der Waals surface area (Å²) in [6.07, 6.45) is -1.87. The highest BCUT2D eigenvalue weighted by Crippen LogP contribution is 2.37. The van der Waals surface area contributed by atoms with E-state index in [2.05, 4.69) is 9.97 Å². The molecule has 0 aliphatic rings. The standard InChI is InChI=1S/C11H6ClF3N2O/c12-9-2-1-7(5-8(9)11(13,14)15)18-10-3-4-16-6-17-10/h1-6H. The fourth-order valence-corrected chi connectivity index (χ4v) is 1.47. The van der Waals surface area contributed by atoms with Crippen LogP contribution in [0.1, 0.15) is 5.56 Å². The van der Waals surface area contributed by atoms with Gasteiger partial charge in [-0.1, -0.05) is 11.6 Å². The molecule has 1 heterocycles. The number of alkyl halides is 3. The van der Waals surface area contributed by atoms with Crippen LogP contribution in [-0.4, -0.2) is 9.97 Å². The smallest absolute Gasteiger partial charge is 0.417 e. The fraction of sp³-hybridized carbons (Fsp3) is 0.0909. The molecule has 0 saturated heterocycles. The monoisotopic (exact) mass is 274 g/mol. The van der Waals surface area contributed by atoms with E-state index in [0.29, 0.717) is 0 Å². The van der Waals surface area contributed by atoms with Gasteiger partial charge in [-0.15, -0.1) is 0 Å². The molecule has 1 aromatic heterocycles. The van der Waals surface area contributed by atoms with Gasteiger partial charge >= 0.3 is 6.18 Å². The lowest BCUT2D eigenvalue weighted by molar-refractivity contribution is -0.137. The molecule has 0 aliphatic carbocycles. The fourth-order valence-electron chi connectivity index (χ4n) is 1.24. The Morgan fingerprint density at radius 2 is 1.94 bits per heavy atom. The van der Waals surface area contributed by atoms with Gasteiger partial charge in [-0.05, 0) is 18.2 Å². The summed E-state index contributed by atoms with van der Waals surface area (Å²) in [6.45, 7) is 0. The molecule has 2 aromatic rings. The van der Waals surface area contributed by atoms with E-state index in [1.807, 2.05) is 0 Å². The van der Waals surface area contributed by atoms with Gasteiger partial charge in [0.15, 0.2) is 0 Å². The van der Waals surface area contributed by atoms with Crippen LogP contribution in [0.15, 0.2) is 36.8 Å². The second kappa shape index (κ2) is 4.81.